The monoisotopic (exact) mass is 425 g/mol. The third kappa shape index (κ3) is 5.98. The maximum atomic E-state index is 14.5. The summed E-state index contributed by atoms with van der Waals surface area (Å²) in [6.45, 7) is -2.38. The minimum Gasteiger partial charge on any atom is -0.484 e. The fraction of sp³-hybridized carbons (Fsp3) is 0.235. The molecule has 0 amide bonds. The van der Waals surface area contributed by atoms with Gasteiger partial charge in [0.25, 0.3) is 12.9 Å². The largest absolute Gasteiger partial charge is 0.484 e. The van der Waals surface area contributed by atoms with Gasteiger partial charge in [0.1, 0.15) is 25.2 Å². The second-order valence-corrected chi connectivity index (χ2v) is 6.05. The van der Waals surface area contributed by atoms with Crippen molar-refractivity contribution in [2.75, 3.05) is 17.9 Å². The van der Waals surface area contributed by atoms with E-state index in [-0.39, 0.29) is 0 Å². The van der Waals surface area contributed by atoms with Crippen LogP contribution >= 0.6 is 11.9 Å². The molecule has 28 heavy (non-hydrogen) atoms. The van der Waals surface area contributed by atoms with Crippen molar-refractivity contribution in [1.29, 1.82) is 0 Å². The summed E-state index contributed by atoms with van der Waals surface area (Å²) in [7, 11) is 0. The van der Waals surface area contributed by atoms with Crippen LogP contribution in [0.15, 0.2) is 35.2 Å². The van der Waals surface area contributed by atoms with Gasteiger partial charge in [-0.05, 0) is 24.1 Å². The molecule has 0 radical (unpaired) electrons. The van der Waals surface area contributed by atoms with Gasteiger partial charge in [-0.3, -0.25) is 4.79 Å². The van der Waals surface area contributed by atoms with Gasteiger partial charge in [-0.15, -0.1) is 0 Å². The van der Waals surface area contributed by atoms with Crippen molar-refractivity contribution < 1.29 is 40.6 Å². The summed E-state index contributed by atoms with van der Waals surface area (Å²) in [5.74, 6) is -4.28. The molecular formula is C17H13F6NO3S. The van der Waals surface area contributed by atoms with Gasteiger partial charge in [0.2, 0.25) is 0 Å². The predicted octanol–water partition coefficient (Wildman–Crippen LogP) is 5.18. The number of hydrogen-bond donors (Lipinski definition) is 1. The van der Waals surface area contributed by atoms with Crippen LogP contribution in [-0.2, 0) is 0 Å². The van der Waals surface area contributed by atoms with Gasteiger partial charge in [0.15, 0.2) is 23.1 Å². The zero-order valence-electron chi connectivity index (χ0n) is 13.9. The van der Waals surface area contributed by atoms with Crippen molar-refractivity contribution in [3.8, 4) is 11.5 Å². The first-order valence-corrected chi connectivity index (χ1v) is 8.45. The van der Waals surface area contributed by atoms with Crippen LogP contribution in [0, 0.1) is 11.6 Å². The lowest BCUT2D eigenvalue weighted by Crippen LogP contribution is -2.12. The summed E-state index contributed by atoms with van der Waals surface area (Å²) < 4.78 is 89.7. The molecule has 0 fully saturated rings. The van der Waals surface area contributed by atoms with E-state index in [1.54, 1.807) is 0 Å². The molecule has 0 bridgehead atoms. The Kier molecular flexibility index (Phi) is 7.85. The van der Waals surface area contributed by atoms with Crippen molar-refractivity contribution in [2.45, 2.75) is 17.7 Å². The molecule has 0 aliphatic carbocycles. The minimum atomic E-state index is -2.94. The second-order valence-electron chi connectivity index (χ2n) is 5.17. The zero-order chi connectivity index (χ0) is 20.7. The average molecular weight is 425 g/mol. The fourth-order valence-electron chi connectivity index (χ4n) is 1.96. The molecule has 0 saturated heterocycles. The van der Waals surface area contributed by atoms with Crippen LogP contribution in [0.2, 0.25) is 0 Å². The lowest BCUT2D eigenvalue weighted by Gasteiger charge is -2.16. The maximum absolute atomic E-state index is 14.5. The zero-order valence-corrected chi connectivity index (χ0v) is 14.8. The van der Waals surface area contributed by atoms with Crippen molar-refractivity contribution in [3.05, 3.63) is 47.5 Å². The molecule has 0 atom stereocenters. The molecule has 0 unspecified atom stereocenters. The van der Waals surface area contributed by atoms with Crippen LogP contribution in [-0.4, -0.2) is 32.4 Å². The molecule has 0 spiro atoms. The van der Waals surface area contributed by atoms with Gasteiger partial charge in [-0.2, -0.15) is 0 Å². The van der Waals surface area contributed by atoms with Crippen LogP contribution < -0.4 is 14.2 Å². The van der Waals surface area contributed by atoms with E-state index in [1.807, 2.05) is 0 Å². The van der Waals surface area contributed by atoms with Crippen molar-refractivity contribution >= 4 is 23.9 Å². The van der Waals surface area contributed by atoms with E-state index in [0.29, 0.717) is 34.8 Å². The Balaban J connectivity index is 2.31. The third-order valence-electron chi connectivity index (χ3n) is 3.13. The Labute approximate surface area is 160 Å². The van der Waals surface area contributed by atoms with Crippen LogP contribution in [0.1, 0.15) is 10.4 Å². The van der Waals surface area contributed by atoms with Crippen molar-refractivity contribution in [3.63, 3.8) is 0 Å². The van der Waals surface area contributed by atoms with E-state index in [4.69, 9.17) is 0 Å². The van der Waals surface area contributed by atoms with Gasteiger partial charge in [-0.25, -0.2) is 26.3 Å². The highest BCUT2D eigenvalue weighted by atomic mass is 32.2. The number of benzene rings is 2. The third-order valence-corrected chi connectivity index (χ3v) is 3.92. The molecule has 0 heterocycles. The number of alkyl halides is 4. The van der Waals surface area contributed by atoms with Gasteiger partial charge >= 0.3 is 0 Å². The van der Waals surface area contributed by atoms with E-state index >= 15 is 0 Å². The lowest BCUT2D eigenvalue weighted by atomic mass is 10.2. The first kappa shape index (κ1) is 21.7. The molecule has 2 aromatic carbocycles. The van der Waals surface area contributed by atoms with E-state index in [9.17, 15) is 31.1 Å². The summed E-state index contributed by atoms with van der Waals surface area (Å²) in [5, 5.41) is 0. The smallest absolute Gasteiger partial charge is 0.272 e. The number of rotatable bonds is 10. The average Bonchev–Trinajstić information content (AvgIpc) is 2.66. The van der Waals surface area contributed by atoms with Crippen molar-refractivity contribution in [2.24, 2.45) is 0 Å². The first-order chi connectivity index (χ1) is 13.3. The highest BCUT2D eigenvalue weighted by molar-refractivity contribution is 8.00. The van der Waals surface area contributed by atoms with E-state index in [2.05, 4.69) is 14.2 Å². The molecule has 0 aliphatic rings. The normalized spacial score (nSPS) is 11.0. The van der Waals surface area contributed by atoms with Gasteiger partial charge in [0, 0.05) is 16.5 Å². The number of halogens is 6. The number of nitrogens with one attached hydrogen (secondary N) is 1. The molecule has 2 rings (SSSR count). The summed E-state index contributed by atoms with van der Waals surface area (Å²) >= 11 is 0.701. The van der Waals surface area contributed by atoms with E-state index < -0.39 is 54.9 Å². The number of anilines is 1. The molecule has 11 heteroatoms. The Bertz CT molecular complexity index is 785. The Hall–Kier alpha value is -2.56. The topological polar surface area (TPSA) is 47.6 Å². The molecule has 4 nitrogen and oxygen atoms in total. The SMILES string of the molecule is O=Cc1cccc(SNc2c(F)c(OCC(F)F)cc(OCC(F)F)c2F)c1. The first-order valence-electron chi connectivity index (χ1n) is 7.63. The van der Waals surface area contributed by atoms with Gasteiger partial charge in [0.05, 0.1) is 0 Å². The quantitative estimate of drug-likeness (QED) is 0.323. The fourth-order valence-corrected chi connectivity index (χ4v) is 2.70. The Morgan fingerprint density at radius 2 is 1.54 bits per heavy atom. The van der Waals surface area contributed by atoms with Crippen LogP contribution in [0.4, 0.5) is 32.0 Å². The number of ether oxygens (including phenoxy) is 2. The van der Waals surface area contributed by atoms with Gasteiger partial charge in [-0.1, -0.05) is 12.1 Å². The van der Waals surface area contributed by atoms with E-state index in [1.165, 1.54) is 24.3 Å². The van der Waals surface area contributed by atoms with E-state index in [0.717, 1.165) is 0 Å². The molecule has 2 aromatic rings. The number of carbonyl (C=O) groups is 1. The second kappa shape index (κ2) is 10.1. The van der Waals surface area contributed by atoms with Crippen LogP contribution in [0.3, 0.4) is 0 Å². The highest BCUT2D eigenvalue weighted by Crippen LogP contribution is 2.37. The van der Waals surface area contributed by atoms with Crippen LogP contribution in [0.5, 0.6) is 11.5 Å². The van der Waals surface area contributed by atoms with Crippen molar-refractivity contribution in [1.82, 2.24) is 0 Å². The minimum absolute atomic E-state index is 0.308. The number of aldehydes is 1. The number of carbonyl (C=O) groups excluding carboxylic acids is 1. The predicted molar refractivity (Wildman–Crippen MR) is 90.7 cm³/mol. The molecule has 0 aliphatic heterocycles. The standard InChI is InChI=1S/C17H13F6NO3S/c18-13(19)7-26-11-5-12(27-8-14(20)21)16(23)17(15(11)22)24-28-10-3-1-2-9(4-10)6-25/h1-6,13-14,24H,7-8H2. The lowest BCUT2D eigenvalue weighted by molar-refractivity contribution is 0.0759. The molecule has 152 valence electrons. The molecule has 0 saturated carbocycles. The molecule has 1 N–H and O–H groups in total. The van der Waals surface area contributed by atoms with Crippen LogP contribution in [0.25, 0.3) is 0 Å². The summed E-state index contributed by atoms with van der Waals surface area (Å²) in [6, 6.07) is 6.57. The Morgan fingerprint density at radius 1 is 0.964 bits per heavy atom. The van der Waals surface area contributed by atoms with Gasteiger partial charge < -0.3 is 14.2 Å². The highest BCUT2D eigenvalue weighted by Gasteiger charge is 2.23. The Morgan fingerprint density at radius 3 is 2.04 bits per heavy atom. The summed E-state index contributed by atoms with van der Waals surface area (Å²) in [5.41, 5.74) is -0.528. The molecular weight excluding hydrogens is 412 g/mol. The number of hydrogen-bond acceptors (Lipinski definition) is 5. The molecule has 0 aromatic heterocycles. The maximum Gasteiger partial charge on any atom is 0.272 e. The summed E-state index contributed by atoms with van der Waals surface area (Å²) in [4.78, 5) is 11.2. The summed E-state index contributed by atoms with van der Waals surface area (Å²) in [6.07, 6.45) is -5.31.